The summed E-state index contributed by atoms with van der Waals surface area (Å²) < 4.78 is 19.8. The van der Waals surface area contributed by atoms with Gasteiger partial charge in [-0.25, -0.2) is 4.39 Å². The van der Waals surface area contributed by atoms with E-state index in [4.69, 9.17) is 4.74 Å². The predicted octanol–water partition coefficient (Wildman–Crippen LogP) is 3.79. The van der Waals surface area contributed by atoms with Crippen LogP contribution in [-0.2, 0) is 16.0 Å². The van der Waals surface area contributed by atoms with E-state index in [1.54, 1.807) is 39.3 Å². The minimum Gasteiger partial charge on any atom is -0.488 e. The maximum absolute atomic E-state index is 14.0. The summed E-state index contributed by atoms with van der Waals surface area (Å²) in [6.45, 7) is 2.69. The number of hydrogen-bond acceptors (Lipinski definition) is 4. The van der Waals surface area contributed by atoms with Crippen LogP contribution in [0.4, 0.5) is 4.39 Å². The molecule has 1 aliphatic carbocycles. The van der Waals surface area contributed by atoms with Crippen LogP contribution >= 0.6 is 11.3 Å². The van der Waals surface area contributed by atoms with Crippen LogP contribution in [0.3, 0.4) is 0 Å². The molecule has 1 aromatic heterocycles. The summed E-state index contributed by atoms with van der Waals surface area (Å²) in [4.78, 5) is 30.2. The maximum Gasteiger partial charge on any atom is 0.242 e. The highest BCUT2D eigenvalue weighted by Gasteiger charge is 2.37. The second-order valence-electron chi connectivity index (χ2n) is 7.50. The zero-order chi connectivity index (χ0) is 20.4. The lowest BCUT2D eigenvalue weighted by Gasteiger charge is -2.37. The monoisotopic (exact) mass is 416 g/mol. The van der Waals surface area contributed by atoms with Crippen molar-refractivity contribution in [3.8, 4) is 5.75 Å². The number of rotatable bonds is 7. The van der Waals surface area contributed by atoms with E-state index < -0.39 is 5.82 Å². The van der Waals surface area contributed by atoms with Crippen molar-refractivity contribution in [2.45, 2.75) is 44.7 Å². The summed E-state index contributed by atoms with van der Waals surface area (Å²) in [5, 5.41) is 2.02. The Bertz CT molecular complexity index is 896. The molecule has 1 atom stereocenters. The van der Waals surface area contributed by atoms with Crippen LogP contribution in [0.25, 0.3) is 0 Å². The topological polar surface area (TPSA) is 49.9 Å². The molecule has 2 aliphatic rings. The fourth-order valence-electron chi connectivity index (χ4n) is 3.85. The second kappa shape index (κ2) is 8.53. The van der Waals surface area contributed by atoms with Crippen molar-refractivity contribution in [3.63, 3.8) is 0 Å². The molecular formula is C22H25FN2O3S. The van der Waals surface area contributed by atoms with Gasteiger partial charge in [0.15, 0.2) is 11.6 Å². The van der Waals surface area contributed by atoms with Gasteiger partial charge in [0.1, 0.15) is 13.2 Å². The van der Waals surface area contributed by atoms with Gasteiger partial charge >= 0.3 is 0 Å². The second-order valence-corrected chi connectivity index (χ2v) is 8.50. The van der Waals surface area contributed by atoms with Gasteiger partial charge in [0.2, 0.25) is 11.8 Å². The Morgan fingerprint density at radius 1 is 1.28 bits per heavy atom. The van der Waals surface area contributed by atoms with E-state index in [2.05, 4.69) is 0 Å². The lowest BCUT2D eigenvalue weighted by atomic mass is 10.0. The number of thiophene rings is 1. The molecule has 29 heavy (non-hydrogen) atoms. The molecule has 0 saturated heterocycles. The van der Waals surface area contributed by atoms with E-state index in [0.29, 0.717) is 13.0 Å². The number of halogens is 1. The summed E-state index contributed by atoms with van der Waals surface area (Å²) in [5.74, 6) is -0.283. The minimum absolute atomic E-state index is 0.0215. The van der Waals surface area contributed by atoms with E-state index in [1.165, 1.54) is 10.9 Å². The molecule has 1 aliphatic heterocycles. The molecule has 7 heteroatoms. The molecule has 154 valence electrons. The quantitative estimate of drug-likeness (QED) is 0.690. The van der Waals surface area contributed by atoms with Crippen LogP contribution < -0.4 is 4.74 Å². The molecule has 2 aromatic rings. The lowest BCUT2D eigenvalue weighted by molar-refractivity contribution is -0.143. The smallest absolute Gasteiger partial charge is 0.242 e. The Morgan fingerprint density at radius 2 is 2.07 bits per heavy atom. The highest BCUT2D eigenvalue weighted by atomic mass is 32.1. The van der Waals surface area contributed by atoms with Crippen LogP contribution in [0.2, 0.25) is 0 Å². The van der Waals surface area contributed by atoms with Crippen LogP contribution in [0.5, 0.6) is 5.75 Å². The average Bonchev–Trinajstić information content (AvgIpc) is 3.46. The number of para-hydroxylation sites is 1. The largest absolute Gasteiger partial charge is 0.488 e. The first-order valence-electron chi connectivity index (χ1n) is 10.1. The van der Waals surface area contributed by atoms with Gasteiger partial charge in [-0.1, -0.05) is 19.1 Å². The number of nitrogens with zero attached hydrogens (tertiary/aromatic N) is 2. The minimum atomic E-state index is -0.417. The van der Waals surface area contributed by atoms with Crippen LogP contribution in [-0.4, -0.2) is 47.4 Å². The van der Waals surface area contributed by atoms with E-state index in [-0.39, 0.29) is 42.8 Å². The summed E-state index contributed by atoms with van der Waals surface area (Å²) in [7, 11) is 0. The molecule has 5 nitrogen and oxygen atoms in total. The summed E-state index contributed by atoms with van der Waals surface area (Å²) in [6.07, 6.45) is 3.12. The van der Waals surface area contributed by atoms with Gasteiger partial charge in [0.25, 0.3) is 0 Å². The molecule has 4 rings (SSSR count). The average molecular weight is 417 g/mol. The number of carbonyl (C=O) groups is 2. The zero-order valence-electron chi connectivity index (χ0n) is 16.5. The highest BCUT2D eigenvalue weighted by molar-refractivity contribution is 7.10. The van der Waals surface area contributed by atoms with Gasteiger partial charge in [-0.2, -0.15) is 0 Å². The first kappa shape index (κ1) is 19.9. The SMILES string of the molecule is CCC(=O)N(CC(=O)N1CCc2sccc2[C@H]1COc1ccccc1F)C1CC1. The Labute approximate surface area is 174 Å². The van der Waals surface area contributed by atoms with E-state index in [1.807, 2.05) is 18.4 Å². The normalized spacial score (nSPS) is 18.3. The predicted molar refractivity (Wildman–Crippen MR) is 109 cm³/mol. The van der Waals surface area contributed by atoms with Crippen molar-refractivity contribution in [1.82, 2.24) is 9.80 Å². The standard InChI is InChI=1S/C22H25FN2O3S/c1-2-21(26)25(15-7-8-15)13-22(27)24-11-9-20-16(10-12-29-20)18(24)14-28-19-6-4-3-5-17(19)23/h3-6,10,12,15,18H,2,7-9,11,13-14H2,1H3/t18-/m1/s1. The van der Waals surface area contributed by atoms with Crippen LogP contribution in [0, 0.1) is 5.82 Å². The van der Waals surface area contributed by atoms with Crippen molar-refractivity contribution in [2.24, 2.45) is 0 Å². The Morgan fingerprint density at radius 3 is 2.79 bits per heavy atom. The van der Waals surface area contributed by atoms with Crippen molar-refractivity contribution < 1.29 is 18.7 Å². The van der Waals surface area contributed by atoms with Gasteiger partial charge in [0, 0.05) is 23.9 Å². The third-order valence-electron chi connectivity index (χ3n) is 5.56. The molecule has 0 spiro atoms. The highest BCUT2D eigenvalue weighted by Crippen LogP contribution is 2.35. The molecular weight excluding hydrogens is 391 g/mol. The van der Waals surface area contributed by atoms with Gasteiger partial charge < -0.3 is 14.5 Å². The summed E-state index contributed by atoms with van der Waals surface area (Å²) in [6, 6.07) is 8.22. The molecule has 0 unspecified atom stereocenters. The molecule has 1 saturated carbocycles. The zero-order valence-corrected chi connectivity index (χ0v) is 17.3. The van der Waals surface area contributed by atoms with E-state index >= 15 is 0 Å². The number of amides is 2. The Hall–Kier alpha value is -2.41. The molecule has 0 radical (unpaired) electrons. The number of fused-ring (bicyclic) bond motifs is 1. The Kier molecular flexibility index (Phi) is 5.85. The van der Waals surface area contributed by atoms with Crippen molar-refractivity contribution in [1.29, 1.82) is 0 Å². The fourth-order valence-corrected chi connectivity index (χ4v) is 4.78. The van der Waals surface area contributed by atoms with Crippen molar-refractivity contribution >= 4 is 23.2 Å². The van der Waals surface area contributed by atoms with E-state index in [9.17, 15) is 14.0 Å². The third-order valence-corrected chi connectivity index (χ3v) is 6.56. The summed E-state index contributed by atoms with van der Waals surface area (Å²) in [5.41, 5.74) is 1.06. The number of hydrogen-bond donors (Lipinski definition) is 0. The van der Waals surface area contributed by atoms with Gasteiger partial charge in [-0.05, 0) is 48.4 Å². The number of benzene rings is 1. The molecule has 1 fully saturated rings. The van der Waals surface area contributed by atoms with Gasteiger partial charge in [0.05, 0.1) is 6.04 Å². The van der Waals surface area contributed by atoms with Crippen molar-refractivity contribution in [2.75, 3.05) is 19.7 Å². The molecule has 0 N–H and O–H groups in total. The fraction of sp³-hybridized carbons (Fsp3) is 0.455. The third kappa shape index (κ3) is 4.29. The van der Waals surface area contributed by atoms with Crippen molar-refractivity contribution in [3.05, 3.63) is 52.0 Å². The molecule has 2 heterocycles. The van der Waals surface area contributed by atoms with E-state index in [0.717, 1.165) is 24.8 Å². The molecule has 2 amide bonds. The first-order valence-corrected chi connectivity index (χ1v) is 11.0. The first-order chi connectivity index (χ1) is 14.1. The number of carbonyl (C=O) groups excluding carboxylic acids is 2. The van der Waals surface area contributed by atoms with Crippen LogP contribution in [0.15, 0.2) is 35.7 Å². The lowest BCUT2D eigenvalue weighted by Crippen LogP contribution is -2.48. The number of ether oxygens (including phenoxy) is 1. The van der Waals surface area contributed by atoms with Gasteiger partial charge in [-0.3, -0.25) is 9.59 Å². The molecule has 0 bridgehead atoms. The maximum atomic E-state index is 14.0. The Balaban J connectivity index is 1.52. The van der Waals surface area contributed by atoms with Gasteiger partial charge in [-0.15, -0.1) is 11.3 Å². The summed E-state index contributed by atoms with van der Waals surface area (Å²) >= 11 is 1.67. The molecule has 1 aromatic carbocycles. The van der Waals surface area contributed by atoms with Crippen LogP contribution in [0.1, 0.15) is 42.7 Å².